The maximum Gasteiger partial charge on any atom is 0.462 e. The molecule has 28 heteroatoms. The number of carbonyl (C=O) groups is 1. The molecule has 0 radical (unpaired) electrons. The Morgan fingerprint density at radius 2 is 0.561 bits per heavy atom. The summed E-state index contributed by atoms with van der Waals surface area (Å²) in [7, 11) is 0. The van der Waals surface area contributed by atoms with Crippen molar-refractivity contribution < 1.29 is 124 Å². The minimum atomic E-state index is -9.57. The Labute approximate surface area is 203 Å². The first-order chi connectivity index (χ1) is 17.2. The topological polar surface area (TPSA) is 26.3 Å². The molecule has 0 fully saturated rings. The third-order valence-corrected chi connectivity index (χ3v) is 4.35. The van der Waals surface area contributed by atoms with Gasteiger partial charge >= 0.3 is 77.7 Å². The Bertz CT molecular complexity index is 986. The number of ether oxygens (including phenoxy) is 1. The van der Waals surface area contributed by atoms with E-state index in [1.807, 2.05) is 0 Å². The molecule has 0 aliphatic rings. The zero-order chi connectivity index (χ0) is 34.3. The highest BCUT2D eigenvalue weighted by Gasteiger charge is 2.97. The predicted octanol–water partition coefficient (Wildman–Crippen LogP) is 7.96. The molecule has 0 aromatic rings. The molecule has 0 spiro atoms. The van der Waals surface area contributed by atoms with Gasteiger partial charge in [0.1, 0.15) is 0 Å². The molecular weight excluding hydrogens is 682 g/mol. The summed E-state index contributed by atoms with van der Waals surface area (Å²) in [5, 5.41) is 0. The van der Waals surface area contributed by atoms with Crippen LogP contribution in [0.15, 0.2) is 0 Å². The molecule has 0 aromatic heterocycles. The standard InChI is InChI=1S/C13F26O2/c14-1(40)2(15,16)3(17,18)4(19,20)5(21,22)6(23,24)7(25,26)8(27,28)9(29,30)12(36,37)41-13(38,39)10(31,32)11(33,34)35. The SMILES string of the molecule is O=C(F)C(F)(F)C(F)(F)C(F)(F)C(F)(F)C(F)(F)C(F)(F)C(F)(F)C(F)(F)C(F)(F)OC(F)(F)C(F)(F)C(F)(F)F. The molecule has 0 bridgehead atoms. The molecule has 0 atom stereocenters. The zero-order valence-corrected chi connectivity index (χ0v) is 17.1. The van der Waals surface area contributed by atoms with Crippen LogP contribution in [0, 0.1) is 0 Å². The van der Waals surface area contributed by atoms with Gasteiger partial charge in [-0.1, -0.05) is 0 Å². The van der Waals surface area contributed by atoms with E-state index in [4.69, 9.17) is 0 Å². The average molecular weight is 682 g/mol. The van der Waals surface area contributed by atoms with Crippen molar-refractivity contribution in [2.45, 2.75) is 71.7 Å². The van der Waals surface area contributed by atoms with Gasteiger partial charge in [0.2, 0.25) is 0 Å². The van der Waals surface area contributed by atoms with E-state index in [9.17, 15) is 119 Å². The first-order valence-electron chi connectivity index (χ1n) is 8.28. The second kappa shape index (κ2) is 9.40. The second-order valence-corrected chi connectivity index (χ2v) is 7.08. The number of hydrogen-bond donors (Lipinski definition) is 0. The molecule has 2 nitrogen and oxygen atoms in total. The smallest absolute Gasteiger partial charge is 0.254 e. The summed E-state index contributed by atoms with van der Waals surface area (Å²) >= 11 is 0. The lowest BCUT2D eigenvalue weighted by Crippen LogP contribution is -2.76. The van der Waals surface area contributed by atoms with E-state index in [0.717, 1.165) is 4.74 Å². The highest BCUT2D eigenvalue weighted by Crippen LogP contribution is 2.65. The Kier molecular flexibility index (Phi) is 8.90. The lowest BCUT2D eigenvalue weighted by atomic mass is 9.87. The van der Waals surface area contributed by atoms with Crippen LogP contribution in [0.2, 0.25) is 0 Å². The molecule has 0 aliphatic heterocycles. The minimum absolute atomic E-state index is 0.775. The summed E-state index contributed by atoms with van der Waals surface area (Å²) in [5.74, 6) is -81.3. The summed E-state index contributed by atoms with van der Waals surface area (Å²) in [6.07, 6.45) is -24.9. The van der Waals surface area contributed by atoms with Crippen molar-refractivity contribution in [3.63, 3.8) is 0 Å². The Balaban J connectivity index is 7.13. The van der Waals surface area contributed by atoms with Gasteiger partial charge in [0.15, 0.2) is 0 Å². The molecule has 41 heavy (non-hydrogen) atoms. The Morgan fingerprint density at radius 3 is 0.805 bits per heavy atom. The van der Waals surface area contributed by atoms with Gasteiger partial charge in [-0.2, -0.15) is 114 Å². The van der Waals surface area contributed by atoms with Gasteiger partial charge in [0.25, 0.3) is 0 Å². The van der Waals surface area contributed by atoms with Crippen LogP contribution in [0.5, 0.6) is 0 Å². The lowest BCUT2D eigenvalue weighted by Gasteiger charge is -2.44. The molecule has 0 rings (SSSR count). The van der Waals surface area contributed by atoms with Crippen molar-refractivity contribution >= 4 is 6.04 Å². The maximum absolute atomic E-state index is 13.5. The normalized spacial score (nSPS) is 16.7. The van der Waals surface area contributed by atoms with Crippen LogP contribution in [-0.2, 0) is 9.53 Å². The molecule has 0 aliphatic carbocycles. The fourth-order valence-electron chi connectivity index (χ4n) is 1.94. The lowest BCUT2D eigenvalue weighted by molar-refractivity contribution is -0.523. The highest BCUT2D eigenvalue weighted by molar-refractivity contribution is 5.78. The summed E-state index contributed by atoms with van der Waals surface area (Å²) in [6.45, 7) is 0. The molecular formula is C13F26O2. The molecule has 0 amide bonds. The quantitative estimate of drug-likeness (QED) is 0.154. The van der Waals surface area contributed by atoms with Gasteiger partial charge < -0.3 is 0 Å². The third kappa shape index (κ3) is 4.87. The molecule has 0 saturated heterocycles. The van der Waals surface area contributed by atoms with E-state index in [0.29, 0.717) is 0 Å². The zero-order valence-electron chi connectivity index (χ0n) is 17.1. The second-order valence-electron chi connectivity index (χ2n) is 7.08. The third-order valence-electron chi connectivity index (χ3n) is 4.35. The Morgan fingerprint density at radius 1 is 0.341 bits per heavy atom. The minimum Gasteiger partial charge on any atom is -0.254 e. The van der Waals surface area contributed by atoms with Crippen molar-refractivity contribution in [2.24, 2.45) is 0 Å². The predicted molar refractivity (Wildman–Crippen MR) is 67.7 cm³/mol. The van der Waals surface area contributed by atoms with Crippen LogP contribution in [0.3, 0.4) is 0 Å². The first kappa shape index (κ1) is 38.8. The molecule has 0 heterocycles. The molecule has 0 aromatic carbocycles. The van der Waals surface area contributed by atoms with E-state index in [1.54, 1.807) is 0 Å². The number of hydrogen-bond acceptors (Lipinski definition) is 2. The van der Waals surface area contributed by atoms with Crippen LogP contribution >= 0.6 is 0 Å². The van der Waals surface area contributed by atoms with Gasteiger partial charge in [-0.3, -0.25) is 4.79 Å². The van der Waals surface area contributed by atoms with Crippen molar-refractivity contribution in [2.75, 3.05) is 0 Å². The van der Waals surface area contributed by atoms with Crippen molar-refractivity contribution in [3.05, 3.63) is 0 Å². The Hall–Kier alpha value is -2.19. The highest BCUT2D eigenvalue weighted by atomic mass is 19.4. The van der Waals surface area contributed by atoms with Crippen LogP contribution < -0.4 is 0 Å². The van der Waals surface area contributed by atoms with Crippen molar-refractivity contribution in [1.29, 1.82) is 0 Å². The fraction of sp³-hybridized carbons (Fsp3) is 0.923. The van der Waals surface area contributed by atoms with Crippen LogP contribution in [-0.4, -0.2) is 77.7 Å². The van der Waals surface area contributed by atoms with Gasteiger partial charge in [0.05, 0.1) is 0 Å². The largest absolute Gasteiger partial charge is 0.462 e. The molecule has 0 unspecified atom stereocenters. The fourth-order valence-corrected chi connectivity index (χ4v) is 1.94. The molecule has 246 valence electrons. The number of alkyl halides is 25. The van der Waals surface area contributed by atoms with Crippen LogP contribution in [0.25, 0.3) is 0 Å². The molecule has 0 N–H and O–H groups in total. The summed E-state index contributed by atoms with van der Waals surface area (Å²) < 4.78 is 337. The number of carbonyl (C=O) groups excluding carboxylic acids is 1. The average Bonchev–Trinajstić information content (AvgIpc) is 2.70. The van der Waals surface area contributed by atoms with Crippen LogP contribution in [0.1, 0.15) is 0 Å². The van der Waals surface area contributed by atoms with Gasteiger partial charge in [0, 0.05) is 0 Å². The summed E-state index contributed by atoms with van der Waals surface area (Å²) in [6, 6.07) is -5.15. The van der Waals surface area contributed by atoms with Crippen molar-refractivity contribution in [1.82, 2.24) is 0 Å². The van der Waals surface area contributed by atoms with Gasteiger partial charge in [-0.05, 0) is 0 Å². The molecule has 0 saturated carbocycles. The van der Waals surface area contributed by atoms with E-state index in [1.165, 1.54) is 0 Å². The monoisotopic (exact) mass is 682 g/mol. The van der Waals surface area contributed by atoms with E-state index in [-0.39, 0.29) is 0 Å². The van der Waals surface area contributed by atoms with E-state index in [2.05, 4.69) is 0 Å². The van der Waals surface area contributed by atoms with Gasteiger partial charge in [-0.15, -0.1) is 0 Å². The number of rotatable bonds is 12. The van der Waals surface area contributed by atoms with Gasteiger partial charge in [-0.25, -0.2) is 4.74 Å². The first-order valence-corrected chi connectivity index (χ1v) is 8.28. The van der Waals surface area contributed by atoms with E-state index >= 15 is 0 Å². The van der Waals surface area contributed by atoms with Crippen molar-refractivity contribution in [3.8, 4) is 0 Å². The van der Waals surface area contributed by atoms with E-state index < -0.39 is 77.7 Å². The summed E-state index contributed by atoms with van der Waals surface area (Å²) in [4.78, 5) is 9.67. The maximum atomic E-state index is 13.5. The van der Waals surface area contributed by atoms with Crippen LogP contribution in [0.4, 0.5) is 114 Å². The number of halogens is 26. The summed E-state index contributed by atoms with van der Waals surface area (Å²) in [5.41, 5.74) is 0.